The number of benzene rings is 2. The monoisotopic (exact) mass is 359 g/mol. The lowest BCUT2D eigenvalue weighted by Crippen LogP contribution is -2.37. The Kier molecular flexibility index (Phi) is 3.36. The van der Waals surface area contributed by atoms with E-state index in [1.165, 1.54) is 10.5 Å². The summed E-state index contributed by atoms with van der Waals surface area (Å²) in [5.74, 6) is 1.46. The number of rotatable bonds is 3. The lowest BCUT2D eigenvalue weighted by Gasteiger charge is -2.28. The summed E-state index contributed by atoms with van der Waals surface area (Å²) >= 11 is 0. The summed E-state index contributed by atoms with van der Waals surface area (Å²) in [6.45, 7) is 3.99. The average Bonchev–Trinajstić information content (AvgIpc) is 3.30. The van der Waals surface area contributed by atoms with Crippen LogP contribution >= 0.6 is 0 Å². The van der Waals surface area contributed by atoms with E-state index >= 15 is 0 Å². The highest BCUT2D eigenvalue weighted by molar-refractivity contribution is 6.24. The minimum absolute atomic E-state index is 0.0634. The summed E-state index contributed by atoms with van der Waals surface area (Å²) < 4.78 is 5.84. The first-order valence-electron chi connectivity index (χ1n) is 9.40. The van der Waals surface area contributed by atoms with Crippen LogP contribution in [0.25, 0.3) is 0 Å². The van der Waals surface area contributed by atoms with E-state index in [-0.39, 0.29) is 29.6 Å². The molecule has 2 fully saturated rings. The number of ether oxygens (including phenoxy) is 1. The van der Waals surface area contributed by atoms with E-state index in [0.29, 0.717) is 11.4 Å². The number of carbonyl (C=O) groups is 2. The molecule has 4 atom stereocenters. The van der Waals surface area contributed by atoms with E-state index in [9.17, 15) is 9.59 Å². The molecule has 3 aliphatic rings. The molecule has 5 rings (SSSR count). The summed E-state index contributed by atoms with van der Waals surface area (Å²) in [5, 5.41) is 0. The van der Waals surface area contributed by atoms with Gasteiger partial charge in [-0.2, -0.15) is 0 Å². The van der Waals surface area contributed by atoms with Crippen molar-refractivity contribution in [2.45, 2.75) is 20.3 Å². The van der Waals surface area contributed by atoms with Gasteiger partial charge in [0.05, 0.1) is 17.0 Å². The molecule has 2 aromatic carbocycles. The van der Waals surface area contributed by atoms with Gasteiger partial charge >= 0.3 is 0 Å². The molecule has 2 bridgehead atoms. The molecule has 1 heterocycles. The number of anilines is 1. The molecule has 4 nitrogen and oxygen atoms in total. The number of aryl methyl sites for hydroxylation is 1. The fourth-order valence-corrected chi connectivity index (χ4v) is 4.96. The van der Waals surface area contributed by atoms with Gasteiger partial charge in [-0.15, -0.1) is 0 Å². The van der Waals surface area contributed by atoms with Crippen molar-refractivity contribution in [1.82, 2.24) is 0 Å². The Morgan fingerprint density at radius 3 is 2.22 bits per heavy atom. The van der Waals surface area contributed by atoms with Gasteiger partial charge in [-0.25, -0.2) is 4.90 Å². The fourth-order valence-electron chi connectivity index (χ4n) is 4.96. The van der Waals surface area contributed by atoms with E-state index < -0.39 is 5.41 Å². The van der Waals surface area contributed by atoms with Crippen LogP contribution in [0, 0.1) is 30.1 Å². The summed E-state index contributed by atoms with van der Waals surface area (Å²) in [4.78, 5) is 27.6. The maximum Gasteiger partial charge on any atom is 0.241 e. The molecule has 0 radical (unpaired) electrons. The molecule has 2 amide bonds. The van der Waals surface area contributed by atoms with Gasteiger partial charge in [0.2, 0.25) is 11.8 Å². The highest BCUT2D eigenvalue weighted by Crippen LogP contribution is 2.60. The zero-order chi connectivity index (χ0) is 18.8. The van der Waals surface area contributed by atoms with Gasteiger partial charge in [0, 0.05) is 0 Å². The van der Waals surface area contributed by atoms with Crippen molar-refractivity contribution < 1.29 is 14.3 Å². The lowest BCUT2D eigenvalue weighted by atomic mass is 9.71. The number of imide groups is 1. The Balaban J connectivity index is 1.40. The third-order valence-electron chi connectivity index (χ3n) is 6.46. The van der Waals surface area contributed by atoms with Crippen molar-refractivity contribution in [1.29, 1.82) is 0 Å². The third kappa shape index (κ3) is 2.22. The first-order chi connectivity index (χ1) is 13.0. The number of carbonyl (C=O) groups excluding carboxylic acids is 2. The van der Waals surface area contributed by atoms with Gasteiger partial charge < -0.3 is 4.74 Å². The Morgan fingerprint density at radius 2 is 1.59 bits per heavy atom. The highest BCUT2D eigenvalue weighted by Gasteiger charge is 2.67. The van der Waals surface area contributed by atoms with Crippen molar-refractivity contribution in [2.24, 2.45) is 23.2 Å². The smallest absolute Gasteiger partial charge is 0.241 e. The highest BCUT2D eigenvalue weighted by atomic mass is 16.5. The van der Waals surface area contributed by atoms with Gasteiger partial charge in [0.15, 0.2) is 0 Å². The molecule has 0 N–H and O–H groups in total. The van der Waals surface area contributed by atoms with Crippen molar-refractivity contribution in [3.05, 3.63) is 66.2 Å². The maximum atomic E-state index is 13.2. The van der Waals surface area contributed by atoms with Gasteiger partial charge in [-0.3, -0.25) is 9.59 Å². The number of allylic oxidation sites excluding steroid dienone is 2. The fraction of sp³-hybridized carbons (Fsp3) is 0.304. The zero-order valence-electron chi connectivity index (χ0n) is 15.4. The first kappa shape index (κ1) is 16.3. The molecule has 1 saturated heterocycles. The van der Waals surface area contributed by atoms with Crippen LogP contribution in [0.5, 0.6) is 11.5 Å². The van der Waals surface area contributed by atoms with Gasteiger partial charge in [0.1, 0.15) is 11.5 Å². The van der Waals surface area contributed by atoms with E-state index in [0.717, 1.165) is 12.2 Å². The second-order valence-corrected chi connectivity index (χ2v) is 8.04. The standard InChI is InChI=1S/C23H21NO3/c1-14-3-9-18(10-4-14)27-19-11-7-17(8-12-19)24-21(25)20-15-5-6-16(13-15)23(20,2)22(24)26/h3-12,15-16,20H,13H2,1-2H3/t15-,16-,20+,23+/m0/s1. The van der Waals surface area contributed by atoms with E-state index in [1.807, 2.05) is 38.1 Å². The van der Waals surface area contributed by atoms with Crippen LogP contribution < -0.4 is 9.64 Å². The average molecular weight is 359 g/mol. The summed E-state index contributed by atoms with van der Waals surface area (Å²) in [6, 6.07) is 15.0. The van der Waals surface area contributed by atoms with E-state index in [4.69, 9.17) is 4.74 Å². The van der Waals surface area contributed by atoms with Gasteiger partial charge in [-0.1, -0.05) is 29.8 Å². The molecule has 27 heavy (non-hydrogen) atoms. The molecule has 0 unspecified atom stereocenters. The Hall–Kier alpha value is -2.88. The van der Waals surface area contributed by atoms with Crippen molar-refractivity contribution >= 4 is 17.5 Å². The summed E-state index contributed by atoms with van der Waals surface area (Å²) in [6.07, 6.45) is 5.16. The Labute approximate surface area is 158 Å². The predicted octanol–water partition coefficient (Wildman–Crippen LogP) is 4.49. The molecule has 1 aliphatic heterocycles. The molecule has 4 heteroatoms. The molecule has 2 aromatic rings. The first-order valence-corrected chi connectivity index (χ1v) is 9.40. The number of fused-ring (bicyclic) bond motifs is 5. The van der Waals surface area contributed by atoms with Crippen LogP contribution in [0.15, 0.2) is 60.7 Å². The minimum atomic E-state index is -0.590. The number of hydrogen-bond acceptors (Lipinski definition) is 3. The van der Waals surface area contributed by atoms with Crippen LogP contribution in [0.3, 0.4) is 0 Å². The van der Waals surface area contributed by atoms with Gasteiger partial charge in [0.25, 0.3) is 0 Å². The topological polar surface area (TPSA) is 46.6 Å². The van der Waals surface area contributed by atoms with Crippen LogP contribution in [0.4, 0.5) is 5.69 Å². The number of hydrogen-bond donors (Lipinski definition) is 0. The Morgan fingerprint density at radius 1 is 0.963 bits per heavy atom. The molecule has 2 aliphatic carbocycles. The molecular weight excluding hydrogens is 338 g/mol. The lowest BCUT2D eigenvalue weighted by molar-refractivity contribution is -0.127. The molecular formula is C23H21NO3. The summed E-state index contributed by atoms with van der Waals surface area (Å²) in [7, 11) is 0. The largest absolute Gasteiger partial charge is 0.457 e. The van der Waals surface area contributed by atoms with Crippen LogP contribution in [-0.2, 0) is 9.59 Å². The van der Waals surface area contributed by atoms with Crippen molar-refractivity contribution in [2.75, 3.05) is 4.90 Å². The minimum Gasteiger partial charge on any atom is -0.457 e. The molecule has 0 spiro atoms. The Bertz CT molecular complexity index is 960. The van der Waals surface area contributed by atoms with Gasteiger partial charge in [-0.05, 0) is 68.5 Å². The van der Waals surface area contributed by atoms with Crippen molar-refractivity contribution in [3.8, 4) is 11.5 Å². The quantitative estimate of drug-likeness (QED) is 0.599. The predicted molar refractivity (Wildman–Crippen MR) is 103 cm³/mol. The number of amides is 2. The van der Waals surface area contributed by atoms with Crippen molar-refractivity contribution in [3.63, 3.8) is 0 Å². The van der Waals surface area contributed by atoms with Crippen LogP contribution in [0.1, 0.15) is 18.9 Å². The molecule has 136 valence electrons. The second-order valence-electron chi connectivity index (χ2n) is 8.04. The third-order valence-corrected chi connectivity index (χ3v) is 6.46. The van der Waals surface area contributed by atoms with Crippen LogP contribution in [-0.4, -0.2) is 11.8 Å². The molecule has 0 aromatic heterocycles. The SMILES string of the molecule is Cc1ccc(Oc2ccc(N3C(=O)[C@H]4[C@H]5C=C[C@@H](C5)[C@@]4(C)C3=O)cc2)cc1. The van der Waals surface area contributed by atoms with Crippen LogP contribution in [0.2, 0.25) is 0 Å². The number of nitrogens with zero attached hydrogens (tertiary/aromatic N) is 1. The zero-order valence-corrected chi connectivity index (χ0v) is 15.4. The maximum absolute atomic E-state index is 13.2. The van der Waals surface area contributed by atoms with E-state index in [1.54, 1.807) is 24.3 Å². The summed E-state index contributed by atoms with van der Waals surface area (Å²) in [5.41, 5.74) is 1.20. The normalized spacial score (nSPS) is 30.9. The molecule has 1 saturated carbocycles. The second kappa shape index (κ2) is 5.56. The van der Waals surface area contributed by atoms with E-state index in [2.05, 4.69) is 12.2 Å².